The molecule has 2 fully saturated rings. The van der Waals surface area contributed by atoms with Crippen LogP contribution < -0.4 is 4.72 Å². The SMILES string of the molecule is CC1(NS(=O)(=O)N2CCCC(CO)C2)CCCC1. The van der Waals surface area contributed by atoms with Gasteiger partial charge in [-0.2, -0.15) is 17.4 Å². The van der Waals surface area contributed by atoms with Gasteiger partial charge in [-0.05, 0) is 38.5 Å². The van der Waals surface area contributed by atoms with Crippen LogP contribution in [0, 0.1) is 5.92 Å². The maximum atomic E-state index is 12.3. The van der Waals surface area contributed by atoms with E-state index in [2.05, 4.69) is 4.72 Å². The lowest BCUT2D eigenvalue weighted by Crippen LogP contribution is -2.53. The fourth-order valence-corrected chi connectivity index (χ4v) is 4.76. The van der Waals surface area contributed by atoms with E-state index in [1.807, 2.05) is 6.92 Å². The van der Waals surface area contributed by atoms with E-state index in [1.165, 1.54) is 4.31 Å². The van der Waals surface area contributed by atoms with Gasteiger partial charge in [-0.15, -0.1) is 0 Å². The third kappa shape index (κ3) is 3.23. The molecule has 1 aliphatic carbocycles. The zero-order chi connectivity index (χ0) is 13.2. The van der Waals surface area contributed by atoms with Gasteiger partial charge in [0.15, 0.2) is 0 Å². The van der Waals surface area contributed by atoms with Crippen LogP contribution in [0.1, 0.15) is 45.4 Å². The molecule has 1 heterocycles. The van der Waals surface area contributed by atoms with E-state index in [0.717, 1.165) is 38.5 Å². The van der Waals surface area contributed by atoms with Crippen molar-refractivity contribution < 1.29 is 13.5 Å². The van der Waals surface area contributed by atoms with Crippen molar-refractivity contribution in [2.24, 2.45) is 5.92 Å². The molecule has 2 N–H and O–H groups in total. The van der Waals surface area contributed by atoms with Crippen LogP contribution >= 0.6 is 0 Å². The highest BCUT2D eigenvalue weighted by molar-refractivity contribution is 7.87. The summed E-state index contributed by atoms with van der Waals surface area (Å²) in [7, 11) is -3.40. The van der Waals surface area contributed by atoms with Crippen LogP contribution in [0.3, 0.4) is 0 Å². The third-order valence-corrected chi connectivity index (χ3v) is 5.92. The third-order valence-electron chi connectivity index (χ3n) is 4.16. The van der Waals surface area contributed by atoms with Crippen LogP contribution in [0.4, 0.5) is 0 Å². The molecule has 6 heteroatoms. The van der Waals surface area contributed by atoms with Gasteiger partial charge in [-0.1, -0.05) is 12.8 Å². The van der Waals surface area contributed by atoms with Crippen molar-refractivity contribution in [2.75, 3.05) is 19.7 Å². The highest BCUT2D eigenvalue weighted by Gasteiger charge is 2.36. The number of rotatable bonds is 4. The van der Waals surface area contributed by atoms with Gasteiger partial charge in [-0.25, -0.2) is 0 Å². The summed E-state index contributed by atoms with van der Waals surface area (Å²) in [5.74, 6) is 0.0895. The zero-order valence-electron chi connectivity index (χ0n) is 11.1. The molecule has 0 spiro atoms. The number of nitrogens with one attached hydrogen (secondary N) is 1. The summed E-state index contributed by atoms with van der Waals surface area (Å²) in [6, 6.07) is 0. The second-order valence-electron chi connectivity index (χ2n) is 5.92. The molecule has 0 aromatic carbocycles. The Morgan fingerprint density at radius 3 is 2.61 bits per heavy atom. The number of aliphatic hydroxyl groups excluding tert-OH is 1. The Balaban J connectivity index is 2.01. The van der Waals surface area contributed by atoms with E-state index in [4.69, 9.17) is 5.11 Å². The molecule has 18 heavy (non-hydrogen) atoms. The first kappa shape index (κ1) is 14.2. The number of nitrogens with zero attached hydrogens (tertiary/aromatic N) is 1. The molecular formula is C12H24N2O3S. The van der Waals surface area contributed by atoms with Crippen molar-refractivity contribution in [2.45, 2.75) is 51.0 Å². The Kier molecular flexibility index (Phi) is 4.31. The van der Waals surface area contributed by atoms with E-state index >= 15 is 0 Å². The quantitative estimate of drug-likeness (QED) is 0.800. The van der Waals surface area contributed by atoms with Crippen LogP contribution in [-0.2, 0) is 10.2 Å². The summed E-state index contributed by atoms with van der Waals surface area (Å²) in [4.78, 5) is 0. The molecule has 2 rings (SSSR count). The average molecular weight is 276 g/mol. The highest BCUT2D eigenvalue weighted by Crippen LogP contribution is 2.30. The molecule has 1 atom stereocenters. The fourth-order valence-electron chi connectivity index (χ4n) is 3.03. The predicted molar refractivity (Wildman–Crippen MR) is 70.3 cm³/mol. The average Bonchev–Trinajstić information content (AvgIpc) is 2.75. The van der Waals surface area contributed by atoms with Crippen molar-refractivity contribution in [3.8, 4) is 0 Å². The summed E-state index contributed by atoms with van der Waals surface area (Å²) in [5, 5.41) is 9.17. The van der Waals surface area contributed by atoms with Crippen molar-refractivity contribution in [1.29, 1.82) is 0 Å². The number of piperidine rings is 1. The van der Waals surface area contributed by atoms with Crippen molar-refractivity contribution in [1.82, 2.24) is 9.03 Å². The minimum absolute atomic E-state index is 0.0727. The van der Waals surface area contributed by atoms with Gasteiger partial charge in [0, 0.05) is 25.2 Å². The lowest BCUT2D eigenvalue weighted by molar-refractivity contribution is 0.164. The van der Waals surface area contributed by atoms with E-state index < -0.39 is 10.2 Å². The van der Waals surface area contributed by atoms with Gasteiger partial charge in [0.25, 0.3) is 10.2 Å². The molecule has 0 aromatic heterocycles. The molecule has 0 aromatic rings. The lowest BCUT2D eigenvalue weighted by Gasteiger charge is -2.34. The minimum Gasteiger partial charge on any atom is -0.396 e. The molecule has 1 unspecified atom stereocenters. The molecular weight excluding hydrogens is 252 g/mol. The van der Waals surface area contributed by atoms with E-state index in [9.17, 15) is 8.42 Å². The molecule has 106 valence electrons. The van der Waals surface area contributed by atoms with Crippen LogP contribution in [0.25, 0.3) is 0 Å². The first-order valence-electron chi connectivity index (χ1n) is 6.85. The topological polar surface area (TPSA) is 69.6 Å². The molecule has 1 saturated carbocycles. The second-order valence-corrected chi connectivity index (χ2v) is 7.59. The summed E-state index contributed by atoms with van der Waals surface area (Å²) in [5.41, 5.74) is -0.273. The number of aliphatic hydroxyl groups is 1. The largest absolute Gasteiger partial charge is 0.396 e. The van der Waals surface area contributed by atoms with E-state index in [0.29, 0.717) is 13.1 Å². The summed E-state index contributed by atoms with van der Waals surface area (Å²) < 4.78 is 29.0. The maximum absolute atomic E-state index is 12.3. The first-order chi connectivity index (χ1) is 8.45. The van der Waals surface area contributed by atoms with Gasteiger partial charge in [-0.3, -0.25) is 0 Å². The summed E-state index contributed by atoms with van der Waals surface area (Å²) in [6.07, 6.45) is 5.78. The molecule has 1 aliphatic heterocycles. The Hall–Kier alpha value is -0.170. The van der Waals surface area contributed by atoms with E-state index in [1.54, 1.807) is 0 Å². The number of hydrogen-bond donors (Lipinski definition) is 2. The van der Waals surface area contributed by atoms with Gasteiger partial charge in [0.2, 0.25) is 0 Å². The van der Waals surface area contributed by atoms with Crippen LogP contribution in [-0.4, -0.2) is 43.1 Å². The van der Waals surface area contributed by atoms with E-state index in [-0.39, 0.29) is 18.1 Å². The molecule has 0 amide bonds. The Labute approximate surface area is 110 Å². The van der Waals surface area contributed by atoms with Crippen molar-refractivity contribution in [3.05, 3.63) is 0 Å². The monoisotopic (exact) mass is 276 g/mol. The van der Waals surface area contributed by atoms with Crippen molar-refractivity contribution >= 4 is 10.2 Å². The maximum Gasteiger partial charge on any atom is 0.279 e. The van der Waals surface area contributed by atoms with Crippen LogP contribution in [0.2, 0.25) is 0 Å². The summed E-state index contributed by atoms with van der Waals surface area (Å²) >= 11 is 0. The summed E-state index contributed by atoms with van der Waals surface area (Å²) in [6.45, 7) is 3.08. The van der Waals surface area contributed by atoms with Crippen LogP contribution in [0.5, 0.6) is 0 Å². The van der Waals surface area contributed by atoms with Crippen molar-refractivity contribution in [3.63, 3.8) is 0 Å². The standard InChI is InChI=1S/C12H24N2O3S/c1-12(6-2-3-7-12)13-18(16,17)14-8-4-5-11(9-14)10-15/h11,13,15H,2-10H2,1H3. The minimum atomic E-state index is -3.40. The smallest absolute Gasteiger partial charge is 0.279 e. The number of hydrogen-bond acceptors (Lipinski definition) is 3. The molecule has 5 nitrogen and oxygen atoms in total. The van der Waals surface area contributed by atoms with Gasteiger partial charge < -0.3 is 5.11 Å². The Bertz CT molecular complexity index is 377. The lowest BCUT2D eigenvalue weighted by atomic mass is 10.0. The zero-order valence-corrected chi connectivity index (χ0v) is 11.9. The molecule has 0 bridgehead atoms. The van der Waals surface area contributed by atoms with Gasteiger partial charge in [0.1, 0.15) is 0 Å². The predicted octanol–water partition coefficient (Wildman–Crippen LogP) is 0.858. The Morgan fingerprint density at radius 1 is 1.33 bits per heavy atom. The van der Waals surface area contributed by atoms with Crippen LogP contribution in [0.15, 0.2) is 0 Å². The molecule has 0 radical (unpaired) electrons. The second kappa shape index (κ2) is 5.45. The fraction of sp³-hybridized carbons (Fsp3) is 1.00. The Morgan fingerprint density at radius 2 is 2.00 bits per heavy atom. The van der Waals surface area contributed by atoms with Gasteiger partial charge in [0.05, 0.1) is 0 Å². The molecule has 2 aliphatic rings. The normalized spacial score (nSPS) is 29.6. The molecule has 1 saturated heterocycles. The first-order valence-corrected chi connectivity index (χ1v) is 8.29. The van der Waals surface area contributed by atoms with Gasteiger partial charge >= 0.3 is 0 Å². The highest BCUT2D eigenvalue weighted by atomic mass is 32.2.